The van der Waals surface area contributed by atoms with E-state index in [-0.39, 0.29) is 24.0 Å². The second kappa shape index (κ2) is 9.41. The molecule has 1 aromatic carbocycles. The SMILES string of the molecule is CC(=O)c1ccc(N2CCN(C(=O)CN3CCCCC3C3OCCO3)CC2)c(F)c1. The summed E-state index contributed by atoms with van der Waals surface area (Å²) in [6.45, 7) is 6.17. The Hall–Kier alpha value is -2.03. The predicted octanol–water partition coefficient (Wildman–Crippen LogP) is 1.90. The van der Waals surface area contributed by atoms with Crippen LogP contribution in [0.1, 0.15) is 36.5 Å². The molecule has 3 aliphatic heterocycles. The summed E-state index contributed by atoms with van der Waals surface area (Å²) >= 11 is 0. The number of likely N-dealkylation sites (tertiary alicyclic amines) is 1. The predicted molar refractivity (Wildman–Crippen MR) is 110 cm³/mol. The van der Waals surface area contributed by atoms with Gasteiger partial charge < -0.3 is 19.3 Å². The van der Waals surface area contributed by atoms with Crippen molar-refractivity contribution < 1.29 is 23.5 Å². The van der Waals surface area contributed by atoms with Crippen molar-refractivity contribution in [3.8, 4) is 0 Å². The van der Waals surface area contributed by atoms with Gasteiger partial charge in [0.1, 0.15) is 5.82 Å². The third kappa shape index (κ3) is 4.66. The molecule has 1 amide bonds. The van der Waals surface area contributed by atoms with Gasteiger partial charge >= 0.3 is 0 Å². The highest BCUT2D eigenvalue weighted by atomic mass is 19.1. The van der Waals surface area contributed by atoms with Crippen LogP contribution in [0.4, 0.5) is 10.1 Å². The highest BCUT2D eigenvalue weighted by Gasteiger charge is 2.35. The van der Waals surface area contributed by atoms with Crippen LogP contribution >= 0.6 is 0 Å². The van der Waals surface area contributed by atoms with Crippen LogP contribution in [0.25, 0.3) is 0 Å². The van der Waals surface area contributed by atoms with Gasteiger partial charge in [-0.25, -0.2) is 4.39 Å². The Bertz CT molecular complexity index is 776. The molecule has 1 atom stereocenters. The summed E-state index contributed by atoms with van der Waals surface area (Å²) in [5.74, 6) is -0.442. The van der Waals surface area contributed by atoms with Crippen LogP contribution in [0.5, 0.6) is 0 Å². The first-order valence-electron chi connectivity index (χ1n) is 10.8. The van der Waals surface area contributed by atoms with E-state index >= 15 is 0 Å². The molecule has 3 heterocycles. The zero-order chi connectivity index (χ0) is 21.1. The number of carbonyl (C=O) groups excluding carboxylic acids is 2. The third-order valence-corrected chi connectivity index (χ3v) is 6.29. The first-order valence-corrected chi connectivity index (χ1v) is 10.8. The van der Waals surface area contributed by atoms with Crippen LogP contribution in [0.3, 0.4) is 0 Å². The van der Waals surface area contributed by atoms with E-state index in [1.165, 1.54) is 13.0 Å². The Morgan fingerprint density at radius 2 is 1.80 bits per heavy atom. The molecule has 3 saturated heterocycles. The first kappa shape index (κ1) is 21.2. The Morgan fingerprint density at radius 1 is 1.07 bits per heavy atom. The van der Waals surface area contributed by atoms with E-state index in [1.54, 1.807) is 12.1 Å². The zero-order valence-electron chi connectivity index (χ0n) is 17.5. The number of rotatable bonds is 5. The van der Waals surface area contributed by atoms with Crippen molar-refractivity contribution in [3.05, 3.63) is 29.6 Å². The second-order valence-corrected chi connectivity index (χ2v) is 8.23. The van der Waals surface area contributed by atoms with Crippen molar-refractivity contribution in [1.29, 1.82) is 0 Å². The van der Waals surface area contributed by atoms with E-state index < -0.39 is 5.82 Å². The summed E-state index contributed by atoms with van der Waals surface area (Å²) in [5.41, 5.74) is 0.857. The van der Waals surface area contributed by atoms with Gasteiger partial charge in [-0.15, -0.1) is 0 Å². The quantitative estimate of drug-likeness (QED) is 0.680. The van der Waals surface area contributed by atoms with E-state index in [2.05, 4.69) is 4.90 Å². The molecule has 0 aromatic heterocycles. The number of amides is 1. The molecule has 3 fully saturated rings. The maximum absolute atomic E-state index is 14.4. The molecule has 0 N–H and O–H groups in total. The van der Waals surface area contributed by atoms with Gasteiger partial charge in [0.25, 0.3) is 0 Å². The van der Waals surface area contributed by atoms with Crippen LogP contribution in [-0.4, -0.2) is 86.3 Å². The smallest absolute Gasteiger partial charge is 0.236 e. The van der Waals surface area contributed by atoms with Crippen molar-refractivity contribution in [2.75, 3.05) is 57.4 Å². The molecule has 8 heteroatoms. The van der Waals surface area contributed by atoms with Gasteiger partial charge in [-0.1, -0.05) is 6.42 Å². The summed E-state index contributed by atoms with van der Waals surface area (Å²) in [4.78, 5) is 30.4. The number of carbonyl (C=O) groups is 2. The lowest BCUT2D eigenvalue weighted by Crippen LogP contribution is -2.55. The monoisotopic (exact) mass is 419 g/mol. The molecule has 0 radical (unpaired) electrons. The summed E-state index contributed by atoms with van der Waals surface area (Å²) in [5, 5.41) is 0. The molecule has 0 aliphatic carbocycles. The Labute approximate surface area is 176 Å². The number of anilines is 1. The minimum absolute atomic E-state index is 0.104. The van der Waals surface area contributed by atoms with Crippen molar-refractivity contribution in [1.82, 2.24) is 9.80 Å². The van der Waals surface area contributed by atoms with Crippen molar-refractivity contribution in [3.63, 3.8) is 0 Å². The number of hydrogen-bond donors (Lipinski definition) is 0. The molecule has 7 nitrogen and oxygen atoms in total. The van der Waals surface area contributed by atoms with Gasteiger partial charge in [-0.2, -0.15) is 0 Å². The van der Waals surface area contributed by atoms with E-state index in [4.69, 9.17) is 9.47 Å². The number of Topliss-reactive ketones (excluding diaryl/α,β-unsaturated/α-hetero) is 1. The zero-order valence-corrected chi connectivity index (χ0v) is 17.5. The van der Waals surface area contributed by atoms with Gasteiger partial charge in [0.2, 0.25) is 5.91 Å². The average Bonchev–Trinajstić information content (AvgIpc) is 3.29. The summed E-state index contributed by atoms with van der Waals surface area (Å²) in [7, 11) is 0. The van der Waals surface area contributed by atoms with E-state index in [1.807, 2.05) is 9.80 Å². The fourth-order valence-corrected chi connectivity index (χ4v) is 4.57. The molecule has 0 spiro atoms. The van der Waals surface area contributed by atoms with Crippen LogP contribution < -0.4 is 4.90 Å². The number of ketones is 1. The standard InChI is InChI=1S/C22H30FN3O4/c1-16(27)17-5-6-19(18(23)14-17)24-8-10-25(11-9-24)21(28)15-26-7-3-2-4-20(26)22-29-12-13-30-22/h5-6,14,20,22H,2-4,7-13,15H2,1H3. The molecule has 1 aromatic rings. The van der Waals surface area contributed by atoms with Gasteiger partial charge in [0.05, 0.1) is 31.5 Å². The number of nitrogens with zero attached hydrogens (tertiary/aromatic N) is 3. The average molecular weight is 419 g/mol. The fourth-order valence-electron chi connectivity index (χ4n) is 4.57. The normalized spacial score (nSPS) is 23.7. The minimum Gasteiger partial charge on any atom is -0.366 e. The summed E-state index contributed by atoms with van der Waals surface area (Å²) < 4.78 is 25.8. The molecule has 3 aliphatic rings. The third-order valence-electron chi connectivity index (χ3n) is 6.29. The highest BCUT2D eigenvalue weighted by molar-refractivity contribution is 5.94. The molecule has 30 heavy (non-hydrogen) atoms. The summed E-state index contributed by atoms with van der Waals surface area (Å²) in [6.07, 6.45) is 2.97. The van der Waals surface area contributed by atoms with Crippen molar-refractivity contribution >= 4 is 17.4 Å². The molecule has 4 rings (SSSR count). The fraction of sp³-hybridized carbons (Fsp3) is 0.636. The molecule has 0 saturated carbocycles. The maximum Gasteiger partial charge on any atom is 0.236 e. The topological polar surface area (TPSA) is 62.3 Å². The lowest BCUT2D eigenvalue weighted by molar-refractivity contribution is -0.140. The van der Waals surface area contributed by atoms with E-state index in [9.17, 15) is 14.0 Å². The molecule has 1 unspecified atom stereocenters. The lowest BCUT2D eigenvalue weighted by Gasteiger charge is -2.40. The number of halogens is 1. The molecular weight excluding hydrogens is 389 g/mol. The first-order chi connectivity index (χ1) is 14.5. The van der Waals surface area contributed by atoms with Crippen molar-refractivity contribution in [2.24, 2.45) is 0 Å². The van der Waals surface area contributed by atoms with E-state index in [0.29, 0.717) is 57.2 Å². The highest BCUT2D eigenvalue weighted by Crippen LogP contribution is 2.25. The number of hydrogen-bond acceptors (Lipinski definition) is 6. The van der Waals surface area contributed by atoms with Gasteiger partial charge in [0, 0.05) is 31.7 Å². The second-order valence-electron chi connectivity index (χ2n) is 8.23. The number of piperidine rings is 1. The van der Waals surface area contributed by atoms with Crippen LogP contribution in [-0.2, 0) is 14.3 Å². The van der Waals surface area contributed by atoms with Crippen LogP contribution in [0.15, 0.2) is 18.2 Å². The lowest BCUT2D eigenvalue weighted by atomic mass is 10.0. The number of piperazine rings is 1. The van der Waals surface area contributed by atoms with Crippen LogP contribution in [0.2, 0.25) is 0 Å². The molecule has 0 bridgehead atoms. The molecular formula is C22H30FN3O4. The van der Waals surface area contributed by atoms with Crippen molar-refractivity contribution in [2.45, 2.75) is 38.5 Å². The number of benzene rings is 1. The maximum atomic E-state index is 14.4. The largest absolute Gasteiger partial charge is 0.366 e. The summed E-state index contributed by atoms with van der Waals surface area (Å²) in [6, 6.07) is 4.74. The minimum atomic E-state index is -0.393. The van der Waals surface area contributed by atoms with Crippen LogP contribution in [0, 0.1) is 5.82 Å². The Kier molecular flexibility index (Phi) is 6.65. The number of ether oxygens (including phenoxy) is 2. The Balaban J connectivity index is 1.32. The van der Waals surface area contributed by atoms with Gasteiger partial charge in [0.15, 0.2) is 12.1 Å². The van der Waals surface area contributed by atoms with E-state index in [0.717, 1.165) is 25.8 Å². The van der Waals surface area contributed by atoms with Gasteiger partial charge in [-0.05, 0) is 44.5 Å². The Morgan fingerprint density at radius 3 is 2.47 bits per heavy atom. The molecule has 164 valence electrons. The van der Waals surface area contributed by atoms with Gasteiger partial charge in [-0.3, -0.25) is 14.5 Å².